The molecule has 2 N–H and O–H groups in total. The van der Waals surface area contributed by atoms with Crippen molar-refractivity contribution in [1.29, 1.82) is 0 Å². The molecule has 1 aromatic carbocycles. The standard InChI is InChI=1S/C16H17N3O3/c20-14(18-9-11-5-7-17-8-6-11)10-19-15(21)12-3-1-2-4-13(12)16(19)22/h1-5,17H,6-10H2,(H,18,20). The Morgan fingerprint density at radius 1 is 1.18 bits per heavy atom. The number of amides is 3. The lowest BCUT2D eigenvalue weighted by molar-refractivity contribution is -0.121. The maximum atomic E-state index is 12.2. The van der Waals surface area contributed by atoms with Gasteiger partial charge in [-0.2, -0.15) is 0 Å². The van der Waals surface area contributed by atoms with Crippen molar-refractivity contribution in [2.24, 2.45) is 0 Å². The average Bonchev–Trinajstić information content (AvgIpc) is 2.79. The second-order valence-electron chi connectivity index (χ2n) is 5.34. The first-order valence-corrected chi connectivity index (χ1v) is 7.27. The smallest absolute Gasteiger partial charge is 0.262 e. The van der Waals surface area contributed by atoms with Gasteiger partial charge in [0, 0.05) is 13.1 Å². The molecule has 0 radical (unpaired) electrons. The Hall–Kier alpha value is -2.47. The van der Waals surface area contributed by atoms with Crippen LogP contribution in [0.15, 0.2) is 35.9 Å². The predicted octanol–water partition coefficient (Wildman–Crippen LogP) is 0.319. The van der Waals surface area contributed by atoms with E-state index in [1.54, 1.807) is 24.3 Å². The summed E-state index contributed by atoms with van der Waals surface area (Å²) in [6.45, 7) is 1.94. The number of hydrogen-bond acceptors (Lipinski definition) is 4. The number of imide groups is 1. The van der Waals surface area contributed by atoms with Gasteiger partial charge < -0.3 is 10.6 Å². The minimum Gasteiger partial charge on any atom is -0.351 e. The molecule has 2 aliphatic rings. The lowest BCUT2D eigenvalue weighted by Gasteiger charge is -2.16. The first-order valence-electron chi connectivity index (χ1n) is 7.27. The third-order valence-electron chi connectivity index (χ3n) is 3.85. The molecule has 0 saturated carbocycles. The van der Waals surface area contributed by atoms with E-state index in [4.69, 9.17) is 0 Å². The number of rotatable bonds is 4. The molecule has 3 amide bonds. The van der Waals surface area contributed by atoms with E-state index in [-0.39, 0.29) is 12.5 Å². The molecule has 114 valence electrons. The predicted molar refractivity (Wildman–Crippen MR) is 80.4 cm³/mol. The van der Waals surface area contributed by atoms with Gasteiger partial charge in [-0.1, -0.05) is 23.8 Å². The third kappa shape index (κ3) is 2.78. The van der Waals surface area contributed by atoms with Gasteiger partial charge in [-0.25, -0.2) is 0 Å². The van der Waals surface area contributed by atoms with Crippen LogP contribution in [0.1, 0.15) is 27.1 Å². The fourth-order valence-corrected chi connectivity index (χ4v) is 2.62. The molecule has 1 aromatic rings. The minimum absolute atomic E-state index is 0.238. The average molecular weight is 299 g/mol. The Kier molecular flexibility index (Phi) is 4.02. The molecular formula is C16H17N3O3. The van der Waals surface area contributed by atoms with Crippen LogP contribution < -0.4 is 10.6 Å². The van der Waals surface area contributed by atoms with E-state index in [1.807, 2.05) is 6.08 Å². The summed E-state index contributed by atoms with van der Waals surface area (Å²) in [5.41, 5.74) is 1.89. The van der Waals surface area contributed by atoms with Gasteiger partial charge >= 0.3 is 0 Å². The van der Waals surface area contributed by atoms with Gasteiger partial charge in [0.15, 0.2) is 0 Å². The molecule has 0 spiro atoms. The van der Waals surface area contributed by atoms with Crippen LogP contribution in [0.4, 0.5) is 0 Å². The van der Waals surface area contributed by atoms with Gasteiger partial charge in [-0.15, -0.1) is 0 Å². The van der Waals surface area contributed by atoms with Crippen molar-refractivity contribution in [3.05, 3.63) is 47.0 Å². The summed E-state index contributed by atoms with van der Waals surface area (Å²) in [6, 6.07) is 6.62. The van der Waals surface area contributed by atoms with Crippen molar-refractivity contribution < 1.29 is 14.4 Å². The molecule has 0 aliphatic carbocycles. The van der Waals surface area contributed by atoms with Gasteiger partial charge in [-0.3, -0.25) is 19.3 Å². The topological polar surface area (TPSA) is 78.5 Å². The largest absolute Gasteiger partial charge is 0.351 e. The van der Waals surface area contributed by atoms with E-state index in [9.17, 15) is 14.4 Å². The normalized spacial score (nSPS) is 17.3. The van der Waals surface area contributed by atoms with Crippen LogP contribution in [-0.2, 0) is 4.79 Å². The van der Waals surface area contributed by atoms with Crippen molar-refractivity contribution in [2.75, 3.05) is 26.2 Å². The summed E-state index contributed by atoms with van der Waals surface area (Å²) >= 11 is 0. The number of nitrogens with zero attached hydrogens (tertiary/aromatic N) is 1. The zero-order chi connectivity index (χ0) is 15.5. The highest BCUT2D eigenvalue weighted by molar-refractivity contribution is 6.22. The van der Waals surface area contributed by atoms with Crippen LogP contribution in [-0.4, -0.2) is 48.8 Å². The Morgan fingerprint density at radius 2 is 1.86 bits per heavy atom. The summed E-state index contributed by atoms with van der Waals surface area (Å²) < 4.78 is 0. The number of fused-ring (bicyclic) bond motifs is 1. The maximum absolute atomic E-state index is 12.2. The molecule has 6 nitrogen and oxygen atoms in total. The first kappa shape index (κ1) is 14.5. The summed E-state index contributed by atoms with van der Waals surface area (Å²) in [4.78, 5) is 37.3. The molecule has 0 atom stereocenters. The van der Waals surface area contributed by atoms with Crippen molar-refractivity contribution in [1.82, 2.24) is 15.5 Å². The fraction of sp³-hybridized carbons (Fsp3) is 0.312. The van der Waals surface area contributed by atoms with Crippen molar-refractivity contribution in [2.45, 2.75) is 6.42 Å². The van der Waals surface area contributed by atoms with Gasteiger partial charge in [-0.05, 0) is 25.1 Å². The van der Waals surface area contributed by atoms with Crippen molar-refractivity contribution >= 4 is 17.7 Å². The minimum atomic E-state index is -0.406. The second kappa shape index (κ2) is 6.11. The van der Waals surface area contributed by atoms with Gasteiger partial charge in [0.25, 0.3) is 11.8 Å². The van der Waals surface area contributed by atoms with E-state index in [0.29, 0.717) is 17.7 Å². The Labute approximate surface area is 128 Å². The molecule has 22 heavy (non-hydrogen) atoms. The van der Waals surface area contributed by atoms with E-state index >= 15 is 0 Å². The molecular weight excluding hydrogens is 282 g/mol. The highest BCUT2D eigenvalue weighted by Gasteiger charge is 2.36. The first-order chi connectivity index (χ1) is 10.7. The maximum Gasteiger partial charge on any atom is 0.262 e. The molecule has 0 unspecified atom stereocenters. The van der Waals surface area contributed by atoms with E-state index in [0.717, 1.165) is 30.0 Å². The van der Waals surface area contributed by atoms with Crippen LogP contribution in [0.3, 0.4) is 0 Å². The SMILES string of the molecule is O=C(CN1C(=O)c2ccccc2C1=O)NCC1=CCNCC1. The quantitative estimate of drug-likeness (QED) is 0.620. The highest BCUT2D eigenvalue weighted by Crippen LogP contribution is 2.21. The summed E-state index contributed by atoms with van der Waals surface area (Å²) in [5, 5.41) is 5.96. The number of benzene rings is 1. The van der Waals surface area contributed by atoms with Gasteiger partial charge in [0.2, 0.25) is 5.91 Å². The Balaban J connectivity index is 1.59. The molecule has 6 heteroatoms. The van der Waals surface area contributed by atoms with Crippen molar-refractivity contribution in [3.8, 4) is 0 Å². The highest BCUT2D eigenvalue weighted by atomic mass is 16.2. The number of carbonyl (C=O) groups is 3. The Bertz CT molecular complexity index is 631. The second-order valence-corrected chi connectivity index (χ2v) is 5.34. The van der Waals surface area contributed by atoms with Crippen molar-refractivity contribution in [3.63, 3.8) is 0 Å². The summed E-state index contributed by atoms with van der Waals surface area (Å²) in [7, 11) is 0. The van der Waals surface area contributed by atoms with Crippen LogP contribution in [0.25, 0.3) is 0 Å². The zero-order valence-corrected chi connectivity index (χ0v) is 12.1. The van der Waals surface area contributed by atoms with Gasteiger partial charge in [0.1, 0.15) is 6.54 Å². The molecule has 3 rings (SSSR count). The van der Waals surface area contributed by atoms with Crippen LogP contribution in [0.2, 0.25) is 0 Å². The monoisotopic (exact) mass is 299 g/mol. The summed E-state index contributed by atoms with van der Waals surface area (Å²) in [5.74, 6) is -1.14. The molecule has 0 saturated heterocycles. The van der Waals surface area contributed by atoms with E-state index in [2.05, 4.69) is 10.6 Å². The molecule has 2 heterocycles. The van der Waals surface area contributed by atoms with E-state index in [1.165, 1.54) is 0 Å². The number of hydrogen-bond donors (Lipinski definition) is 2. The van der Waals surface area contributed by atoms with E-state index < -0.39 is 11.8 Å². The lowest BCUT2D eigenvalue weighted by Crippen LogP contribution is -2.41. The molecule has 0 fully saturated rings. The summed E-state index contributed by atoms with van der Waals surface area (Å²) in [6.07, 6.45) is 2.94. The third-order valence-corrected chi connectivity index (χ3v) is 3.85. The van der Waals surface area contributed by atoms with Gasteiger partial charge in [0.05, 0.1) is 11.1 Å². The molecule has 0 aromatic heterocycles. The fourth-order valence-electron chi connectivity index (χ4n) is 2.62. The van der Waals surface area contributed by atoms with Crippen LogP contribution >= 0.6 is 0 Å². The number of carbonyl (C=O) groups excluding carboxylic acids is 3. The number of nitrogens with one attached hydrogen (secondary N) is 2. The molecule has 0 bridgehead atoms. The lowest BCUT2D eigenvalue weighted by atomic mass is 10.1. The molecule has 2 aliphatic heterocycles. The van der Waals surface area contributed by atoms with Crippen LogP contribution in [0.5, 0.6) is 0 Å². The van der Waals surface area contributed by atoms with Crippen LogP contribution in [0, 0.1) is 0 Å². The Morgan fingerprint density at radius 3 is 2.45 bits per heavy atom. The zero-order valence-electron chi connectivity index (χ0n) is 12.1.